The summed E-state index contributed by atoms with van der Waals surface area (Å²) in [6.45, 7) is 5.38. The third-order valence-corrected chi connectivity index (χ3v) is 2.43. The fourth-order valence-electron chi connectivity index (χ4n) is 1.61. The van der Waals surface area contributed by atoms with Gasteiger partial charge in [0.1, 0.15) is 0 Å². The Morgan fingerprint density at radius 2 is 2.26 bits per heavy atom. The quantitative estimate of drug-likeness (QED) is 0.710. The second kappa shape index (κ2) is 7.85. The number of rotatable bonds is 9. The molecule has 0 saturated heterocycles. The molecule has 1 aromatic rings. The molecular formula is C12H21N3O4. The standard InChI is InChI=1S/C12H21N3O4/c1-9(2)6-11-13-10(14-19-11)7-15(4-5-18-3)8-12(16)17/h9H,4-8H2,1-3H3,(H,16,17). The van der Waals surface area contributed by atoms with Crippen LogP contribution in [0.2, 0.25) is 0 Å². The van der Waals surface area contributed by atoms with Crippen LogP contribution in [0.4, 0.5) is 0 Å². The first-order valence-electron chi connectivity index (χ1n) is 6.25. The van der Waals surface area contributed by atoms with Crippen LogP contribution in [-0.2, 0) is 22.5 Å². The van der Waals surface area contributed by atoms with E-state index in [4.69, 9.17) is 14.4 Å². The van der Waals surface area contributed by atoms with Crippen molar-refractivity contribution >= 4 is 5.97 Å². The van der Waals surface area contributed by atoms with E-state index < -0.39 is 5.97 Å². The third kappa shape index (κ3) is 6.30. The van der Waals surface area contributed by atoms with Gasteiger partial charge < -0.3 is 14.4 Å². The van der Waals surface area contributed by atoms with Crippen molar-refractivity contribution in [3.05, 3.63) is 11.7 Å². The van der Waals surface area contributed by atoms with Gasteiger partial charge in [-0.3, -0.25) is 9.69 Å². The molecule has 0 aromatic carbocycles. The fraction of sp³-hybridized carbons (Fsp3) is 0.750. The molecule has 0 amide bonds. The molecule has 0 aliphatic heterocycles. The summed E-state index contributed by atoms with van der Waals surface area (Å²) in [4.78, 5) is 16.7. The van der Waals surface area contributed by atoms with Crippen molar-refractivity contribution in [3.63, 3.8) is 0 Å². The molecule has 1 aromatic heterocycles. The van der Waals surface area contributed by atoms with Crippen molar-refractivity contribution in [1.82, 2.24) is 15.0 Å². The van der Waals surface area contributed by atoms with Gasteiger partial charge >= 0.3 is 5.97 Å². The lowest BCUT2D eigenvalue weighted by molar-refractivity contribution is -0.138. The minimum absolute atomic E-state index is 0.0720. The number of hydrogen-bond donors (Lipinski definition) is 1. The van der Waals surface area contributed by atoms with Crippen LogP contribution in [0, 0.1) is 5.92 Å². The molecule has 0 unspecified atom stereocenters. The summed E-state index contributed by atoms with van der Waals surface area (Å²) >= 11 is 0. The topological polar surface area (TPSA) is 88.7 Å². The zero-order valence-corrected chi connectivity index (χ0v) is 11.6. The number of carboxylic acid groups (broad SMARTS) is 1. The van der Waals surface area contributed by atoms with Gasteiger partial charge in [-0.25, -0.2) is 0 Å². The van der Waals surface area contributed by atoms with Gasteiger partial charge in [-0.05, 0) is 5.92 Å². The SMILES string of the molecule is COCCN(CC(=O)O)Cc1noc(CC(C)C)n1. The molecule has 1 N–H and O–H groups in total. The molecule has 7 heteroatoms. The molecule has 19 heavy (non-hydrogen) atoms. The van der Waals surface area contributed by atoms with E-state index in [0.717, 1.165) is 6.42 Å². The van der Waals surface area contributed by atoms with Crippen molar-refractivity contribution in [1.29, 1.82) is 0 Å². The highest BCUT2D eigenvalue weighted by Gasteiger charge is 2.14. The Balaban J connectivity index is 2.56. The molecule has 0 spiro atoms. The van der Waals surface area contributed by atoms with Crippen LogP contribution in [-0.4, -0.2) is 52.9 Å². The zero-order chi connectivity index (χ0) is 14.3. The van der Waals surface area contributed by atoms with E-state index in [9.17, 15) is 4.79 Å². The molecule has 108 valence electrons. The normalized spacial score (nSPS) is 11.4. The van der Waals surface area contributed by atoms with Crippen molar-refractivity contribution in [3.8, 4) is 0 Å². The van der Waals surface area contributed by atoms with Gasteiger partial charge in [0.25, 0.3) is 0 Å². The van der Waals surface area contributed by atoms with Crippen LogP contribution in [0.3, 0.4) is 0 Å². The summed E-state index contributed by atoms with van der Waals surface area (Å²) in [7, 11) is 1.58. The van der Waals surface area contributed by atoms with E-state index >= 15 is 0 Å². The fourth-order valence-corrected chi connectivity index (χ4v) is 1.61. The minimum Gasteiger partial charge on any atom is -0.480 e. The Morgan fingerprint density at radius 3 is 2.84 bits per heavy atom. The summed E-state index contributed by atoms with van der Waals surface area (Å²) in [5.74, 6) is 0.652. The first-order valence-corrected chi connectivity index (χ1v) is 6.25. The smallest absolute Gasteiger partial charge is 0.317 e. The van der Waals surface area contributed by atoms with Gasteiger partial charge in [0.05, 0.1) is 19.7 Å². The number of aliphatic carboxylic acids is 1. The maximum atomic E-state index is 10.8. The second-order valence-corrected chi connectivity index (χ2v) is 4.80. The van der Waals surface area contributed by atoms with Crippen LogP contribution in [0.5, 0.6) is 0 Å². The van der Waals surface area contributed by atoms with E-state index in [-0.39, 0.29) is 6.54 Å². The molecule has 0 radical (unpaired) electrons. The van der Waals surface area contributed by atoms with Crippen molar-refractivity contribution < 1.29 is 19.2 Å². The number of carbonyl (C=O) groups is 1. The van der Waals surface area contributed by atoms with Crippen molar-refractivity contribution in [2.75, 3.05) is 26.8 Å². The van der Waals surface area contributed by atoms with Gasteiger partial charge in [-0.2, -0.15) is 4.98 Å². The largest absolute Gasteiger partial charge is 0.480 e. The number of hydrogen-bond acceptors (Lipinski definition) is 6. The summed E-state index contributed by atoms with van der Waals surface area (Å²) < 4.78 is 10.1. The summed E-state index contributed by atoms with van der Waals surface area (Å²) in [5, 5.41) is 12.7. The van der Waals surface area contributed by atoms with E-state index in [2.05, 4.69) is 24.0 Å². The van der Waals surface area contributed by atoms with E-state index in [1.54, 1.807) is 12.0 Å². The lowest BCUT2D eigenvalue weighted by Crippen LogP contribution is -2.32. The molecule has 7 nitrogen and oxygen atoms in total. The highest BCUT2D eigenvalue weighted by Crippen LogP contribution is 2.07. The molecule has 0 saturated carbocycles. The van der Waals surface area contributed by atoms with Crippen LogP contribution < -0.4 is 0 Å². The number of ether oxygens (including phenoxy) is 1. The Labute approximate surface area is 112 Å². The number of methoxy groups -OCH3 is 1. The monoisotopic (exact) mass is 271 g/mol. The average molecular weight is 271 g/mol. The van der Waals surface area contributed by atoms with Gasteiger partial charge in [-0.15, -0.1) is 0 Å². The molecule has 0 fully saturated rings. The molecule has 0 aliphatic rings. The van der Waals surface area contributed by atoms with E-state index in [0.29, 0.717) is 37.3 Å². The summed E-state index contributed by atoms with van der Waals surface area (Å²) in [6, 6.07) is 0. The Hall–Kier alpha value is -1.47. The van der Waals surface area contributed by atoms with Gasteiger partial charge in [0.15, 0.2) is 5.82 Å². The van der Waals surface area contributed by atoms with Crippen molar-refractivity contribution in [2.45, 2.75) is 26.8 Å². The van der Waals surface area contributed by atoms with Gasteiger partial charge in [0, 0.05) is 20.1 Å². The molecular weight excluding hydrogens is 250 g/mol. The minimum atomic E-state index is -0.887. The predicted molar refractivity (Wildman–Crippen MR) is 67.6 cm³/mol. The Kier molecular flexibility index (Phi) is 6.44. The second-order valence-electron chi connectivity index (χ2n) is 4.80. The highest BCUT2D eigenvalue weighted by atomic mass is 16.5. The summed E-state index contributed by atoms with van der Waals surface area (Å²) in [6.07, 6.45) is 0.726. The molecule has 0 bridgehead atoms. The molecule has 0 aliphatic carbocycles. The third-order valence-electron chi connectivity index (χ3n) is 2.43. The molecule has 1 heterocycles. The predicted octanol–water partition coefficient (Wildman–Crippen LogP) is 0.801. The lowest BCUT2D eigenvalue weighted by Gasteiger charge is -2.17. The maximum absolute atomic E-state index is 10.8. The Morgan fingerprint density at radius 1 is 1.53 bits per heavy atom. The number of carboxylic acids is 1. The zero-order valence-electron chi connectivity index (χ0n) is 11.6. The molecule has 1 rings (SSSR count). The van der Waals surface area contributed by atoms with E-state index in [1.807, 2.05) is 0 Å². The first-order chi connectivity index (χ1) is 9.01. The first kappa shape index (κ1) is 15.6. The Bertz CT molecular complexity index is 392. The lowest BCUT2D eigenvalue weighted by atomic mass is 10.1. The van der Waals surface area contributed by atoms with Crippen molar-refractivity contribution in [2.24, 2.45) is 5.92 Å². The van der Waals surface area contributed by atoms with Gasteiger partial charge in [0.2, 0.25) is 5.89 Å². The van der Waals surface area contributed by atoms with Crippen LogP contribution in [0.1, 0.15) is 25.6 Å². The number of nitrogens with zero attached hydrogens (tertiary/aromatic N) is 3. The van der Waals surface area contributed by atoms with E-state index in [1.165, 1.54) is 0 Å². The number of aromatic nitrogens is 2. The highest BCUT2D eigenvalue weighted by molar-refractivity contribution is 5.69. The maximum Gasteiger partial charge on any atom is 0.317 e. The summed E-state index contributed by atoms with van der Waals surface area (Å²) in [5.41, 5.74) is 0. The van der Waals surface area contributed by atoms with Crippen LogP contribution >= 0.6 is 0 Å². The molecule has 0 atom stereocenters. The van der Waals surface area contributed by atoms with Crippen LogP contribution in [0.15, 0.2) is 4.52 Å². The van der Waals surface area contributed by atoms with Gasteiger partial charge in [-0.1, -0.05) is 19.0 Å². The van der Waals surface area contributed by atoms with Crippen LogP contribution in [0.25, 0.3) is 0 Å². The average Bonchev–Trinajstić information content (AvgIpc) is 2.71.